The third-order valence-electron chi connectivity index (χ3n) is 1.74. The molecule has 76 valence electrons. The van der Waals surface area contributed by atoms with Gasteiger partial charge in [0.1, 0.15) is 0 Å². The molecule has 0 fully saturated rings. The molecule has 0 saturated carbocycles. The molecule has 0 aliphatic rings. The minimum atomic E-state index is -3.63. The SMILES string of the molecule is C=Cc1ccccc1CNS(N)(=O)=O. The Balaban J connectivity index is 2.81. The highest BCUT2D eigenvalue weighted by atomic mass is 32.2. The van der Waals surface area contributed by atoms with E-state index >= 15 is 0 Å². The van der Waals surface area contributed by atoms with Crippen molar-refractivity contribution in [3.8, 4) is 0 Å². The fourth-order valence-electron chi connectivity index (χ4n) is 1.07. The van der Waals surface area contributed by atoms with Gasteiger partial charge in [0.2, 0.25) is 0 Å². The van der Waals surface area contributed by atoms with Crippen LogP contribution < -0.4 is 9.86 Å². The van der Waals surface area contributed by atoms with Crippen molar-refractivity contribution in [3.63, 3.8) is 0 Å². The van der Waals surface area contributed by atoms with Gasteiger partial charge in [-0.05, 0) is 11.1 Å². The van der Waals surface area contributed by atoms with Crippen LogP contribution in [0.25, 0.3) is 6.08 Å². The number of nitrogens with one attached hydrogen (secondary N) is 1. The topological polar surface area (TPSA) is 72.2 Å². The summed E-state index contributed by atoms with van der Waals surface area (Å²) in [5.41, 5.74) is 1.74. The maximum Gasteiger partial charge on any atom is 0.274 e. The van der Waals surface area contributed by atoms with Crippen LogP contribution in [0.2, 0.25) is 0 Å². The lowest BCUT2D eigenvalue weighted by Gasteiger charge is -2.05. The highest BCUT2D eigenvalue weighted by Crippen LogP contribution is 2.09. The third-order valence-corrected chi connectivity index (χ3v) is 2.29. The van der Waals surface area contributed by atoms with Crippen LogP contribution in [0.4, 0.5) is 0 Å². The molecule has 1 aromatic carbocycles. The van der Waals surface area contributed by atoms with Gasteiger partial charge in [0, 0.05) is 6.54 Å². The van der Waals surface area contributed by atoms with Gasteiger partial charge in [-0.15, -0.1) is 0 Å². The smallest absolute Gasteiger partial charge is 0.216 e. The first-order valence-electron chi connectivity index (χ1n) is 4.00. The first kappa shape index (κ1) is 10.9. The summed E-state index contributed by atoms with van der Waals surface area (Å²) < 4.78 is 23.5. The molecule has 1 rings (SSSR count). The Hall–Kier alpha value is -1.17. The van der Waals surface area contributed by atoms with Crippen molar-refractivity contribution in [1.29, 1.82) is 0 Å². The molecule has 5 heteroatoms. The maximum atomic E-state index is 10.6. The second-order valence-electron chi connectivity index (χ2n) is 2.77. The van der Waals surface area contributed by atoms with Gasteiger partial charge in [-0.1, -0.05) is 36.9 Å². The zero-order valence-corrected chi connectivity index (χ0v) is 8.42. The monoisotopic (exact) mass is 212 g/mol. The second-order valence-corrected chi connectivity index (χ2v) is 4.15. The van der Waals surface area contributed by atoms with E-state index in [9.17, 15) is 8.42 Å². The minimum absolute atomic E-state index is 0.182. The van der Waals surface area contributed by atoms with Gasteiger partial charge in [-0.25, -0.2) is 5.14 Å². The molecule has 0 aromatic heterocycles. The number of rotatable bonds is 4. The zero-order valence-electron chi connectivity index (χ0n) is 7.60. The highest BCUT2D eigenvalue weighted by molar-refractivity contribution is 7.87. The van der Waals surface area contributed by atoms with Crippen molar-refractivity contribution in [2.24, 2.45) is 5.14 Å². The quantitative estimate of drug-likeness (QED) is 0.768. The molecule has 0 amide bonds. The molecule has 0 aliphatic carbocycles. The van der Waals surface area contributed by atoms with Crippen LogP contribution in [0.5, 0.6) is 0 Å². The average molecular weight is 212 g/mol. The van der Waals surface area contributed by atoms with Crippen molar-refractivity contribution < 1.29 is 8.42 Å². The largest absolute Gasteiger partial charge is 0.274 e. The van der Waals surface area contributed by atoms with Gasteiger partial charge in [0.15, 0.2) is 0 Å². The van der Waals surface area contributed by atoms with Gasteiger partial charge in [0.05, 0.1) is 0 Å². The minimum Gasteiger partial charge on any atom is -0.216 e. The molecule has 0 heterocycles. The first-order chi connectivity index (χ1) is 6.53. The lowest BCUT2D eigenvalue weighted by Crippen LogP contribution is -2.30. The summed E-state index contributed by atoms with van der Waals surface area (Å²) >= 11 is 0. The van der Waals surface area contributed by atoms with E-state index in [0.29, 0.717) is 0 Å². The third kappa shape index (κ3) is 3.29. The zero-order chi connectivity index (χ0) is 10.6. The standard InChI is InChI=1S/C9H12N2O2S/c1-2-8-5-3-4-6-9(8)7-11-14(10,12)13/h2-6,11H,1,7H2,(H2,10,12,13). The van der Waals surface area contributed by atoms with Gasteiger partial charge in [0.25, 0.3) is 10.2 Å². The Bertz CT molecular complexity index is 426. The second kappa shape index (κ2) is 4.36. The van der Waals surface area contributed by atoms with Crippen LogP contribution in [0.3, 0.4) is 0 Å². The Labute approximate surface area is 83.6 Å². The first-order valence-corrected chi connectivity index (χ1v) is 5.55. The fourth-order valence-corrected chi connectivity index (χ4v) is 1.43. The molecule has 0 unspecified atom stereocenters. The predicted octanol–water partition coefficient (Wildman–Crippen LogP) is 0.623. The molecular weight excluding hydrogens is 200 g/mol. The summed E-state index contributed by atoms with van der Waals surface area (Å²) in [6.07, 6.45) is 1.67. The molecule has 0 saturated heterocycles. The van der Waals surface area contributed by atoms with Crippen molar-refractivity contribution in [3.05, 3.63) is 42.0 Å². The van der Waals surface area contributed by atoms with Crippen LogP contribution in [-0.4, -0.2) is 8.42 Å². The van der Waals surface area contributed by atoms with Gasteiger partial charge >= 0.3 is 0 Å². The molecule has 0 spiro atoms. The van der Waals surface area contributed by atoms with E-state index in [2.05, 4.69) is 11.3 Å². The van der Waals surface area contributed by atoms with Crippen LogP contribution in [0, 0.1) is 0 Å². The van der Waals surface area contributed by atoms with Crippen LogP contribution >= 0.6 is 0 Å². The Morgan fingerprint density at radius 2 is 2.07 bits per heavy atom. The molecule has 0 bridgehead atoms. The van der Waals surface area contributed by atoms with Crippen LogP contribution in [0.1, 0.15) is 11.1 Å². The highest BCUT2D eigenvalue weighted by Gasteiger charge is 2.03. The van der Waals surface area contributed by atoms with Crippen LogP contribution in [0.15, 0.2) is 30.8 Å². The van der Waals surface area contributed by atoms with E-state index in [1.807, 2.05) is 24.3 Å². The van der Waals surface area contributed by atoms with E-state index in [-0.39, 0.29) is 6.54 Å². The summed E-state index contributed by atoms with van der Waals surface area (Å²) in [4.78, 5) is 0. The van der Waals surface area contributed by atoms with Gasteiger partial charge in [-0.3, -0.25) is 0 Å². The van der Waals surface area contributed by atoms with Crippen molar-refractivity contribution >= 4 is 16.3 Å². The van der Waals surface area contributed by atoms with E-state index in [1.165, 1.54) is 0 Å². The lowest BCUT2D eigenvalue weighted by atomic mass is 10.1. The van der Waals surface area contributed by atoms with Crippen LogP contribution in [-0.2, 0) is 16.8 Å². The number of hydrogen-bond donors (Lipinski definition) is 2. The lowest BCUT2D eigenvalue weighted by molar-refractivity contribution is 0.583. The molecule has 3 N–H and O–H groups in total. The number of hydrogen-bond acceptors (Lipinski definition) is 2. The average Bonchev–Trinajstić information content (AvgIpc) is 2.14. The Morgan fingerprint density at radius 3 is 2.64 bits per heavy atom. The van der Waals surface area contributed by atoms with Crippen molar-refractivity contribution in [2.45, 2.75) is 6.54 Å². The molecular formula is C9H12N2O2S. The summed E-state index contributed by atoms with van der Waals surface area (Å²) in [6, 6.07) is 7.35. The van der Waals surface area contributed by atoms with Gasteiger partial charge < -0.3 is 0 Å². The molecule has 14 heavy (non-hydrogen) atoms. The fraction of sp³-hybridized carbons (Fsp3) is 0.111. The predicted molar refractivity (Wildman–Crippen MR) is 56.5 cm³/mol. The summed E-state index contributed by atoms with van der Waals surface area (Å²) in [6.45, 7) is 3.81. The van der Waals surface area contributed by atoms with Crippen molar-refractivity contribution in [1.82, 2.24) is 4.72 Å². The summed E-state index contributed by atoms with van der Waals surface area (Å²) in [5, 5.41) is 4.81. The van der Waals surface area contributed by atoms with E-state index in [1.54, 1.807) is 6.08 Å². The van der Waals surface area contributed by atoms with E-state index in [4.69, 9.17) is 5.14 Å². The Morgan fingerprint density at radius 1 is 1.43 bits per heavy atom. The normalized spacial score (nSPS) is 11.2. The maximum absolute atomic E-state index is 10.6. The van der Waals surface area contributed by atoms with Gasteiger partial charge in [-0.2, -0.15) is 13.1 Å². The van der Waals surface area contributed by atoms with E-state index < -0.39 is 10.2 Å². The molecule has 0 radical (unpaired) electrons. The molecule has 0 aliphatic heterocycles. The molecule has 0 atom stereocenters. The molecule has 1 aromatic rings. The molecule has 4 nitrogen and oxygen atoms in total. The summed E-state index contributed by atoms with van der Waals surface area (Å²) in [7, 11) is -3.63. The van der Waals surface area contributed by atoms with Crippen molar-refractivity contribution in [2.75, 3.05) is 0 Å². The number of nitrogens with two attached hydrogens (primary N) is 1. The number of benzene rings is 1. The summed E-state index contributed by atoms with van der Waals surface area (Å²) in [5.74, 6) is 0. The Kier molecular flexibility index (Phi) is 3.40. The van der Waals surface area contributed by atoms with E-state index in [0.717, 1.165) is 11.1 Å².